The van der Waals surface area contributed by atoms with E-state index >= 15 is 0 Å². The van der Waals surface area contributed by atoms with Crippen LogP contribution in [0, 0.1) is 6.92 Å². The third kappa shape index (κ3) is 1.39. The zero-order chi connectivity index (χ0) is 12.9. The lowest BCUT2D eigenvalue weighted by Gasteiger charge is -2.04. The molecule has 0 saturated carbocycles. The van der Waals surface area contributed by atoms with Crippen molar-refractivity contribution in [1.82, 2.24) is 9.13 Å². The maximum absolute atomic E-state index is 9.99. The van der Waals surface area contributed by atoms with Gasteiger partial charge in [0.25, 0.3) is 0 Å². The van der Waals surface area contributed by atoms with Crippen molar-refractivity contribution in [3.63, 3.8) is 0 Å². The SMILES string of the molecule is Cc1ccc2c(ccn2-c2cc(O)n(C)c2O)c1. The van der Waals surface area contributed by atoms with Crippen LogP contribution in [0.5, 0.6) is 11.8 Å². The van der Waals surface area contributed by atoms with Crippen molar-refractivity contribution in [3.8, 4) is 17.4 Å². The van der Waals surface area contributed by atoms with E-state index in [0.29, 0.717) is 5.69 Å². The zero-order valence-electron chi connectivity index (χ0n) is 10.3. The van der Waals surface area contributed by atoms with Crippen molar-refractivity contribution in [2.75, 3.05) is 0 Å². The highest BCUT2D eigenvalue weighted by Crippen LogP contribution is 2.32. The molecule has 4 nitrogen and oxygen atoms in total. The van der Waals surface area contributed by atoms with E-state index in [1.165, 1.54) is 10.1 Å². The summed E-state index contributed by atoms with van der Waals surface area (Å²) < 4.78 is 3.21. The van der Waals surface area contributed by atoms with Gasteiger partial charge >= 0.3 is 0 Å². The Kier molecular flexibility index (Phi) is 2.13. The van der Waals surface area contributed by atoms with Gasteiger partial charge in [-0.3, -0.25) is 4.57 Å². The number of rotatable bonds is 1. The number of nitrogens with zero attached hydrogens (tertiary/aromatic N) is 2. The summed E-state index contributed by atoms with van der Waals surface area (Å²) in [5.41, 5.74) is 2.77. The van der Waals surface area contributed by atoms with Crippen molar-refractivity contribution in [2.45, 2.75) is 6.92 Å². The summed E-state index contributed by atoms with van der Waals surface area (Å²) in [5.74, 6) is 0.0852. The largest absolute Gasteiger partial charge is 0.494 e. The number of hydrogen-bond acceptors (Lipinski definition) is 2. The van der Waals surface area contributed by atoms with Gasteiger partial charge in [-0.05, 0) is 25.1 Å². The quantitative estimate of drug-likeness (QED) is 0.689. The van der Waals surface area contributed by atoms with Crippen molar-refractivity contribution < 1.29 is 10.2 Å². The van der Waals surface area contributed by atoms with Gasteiger partial charge in [-0.25, -0.2) is 0 Å². The van der Waals surface area contributed by atoms with Crippen LogP contribution >= 0.6 is 0 Å². The molecule has 0 unspecified atom stereocenters. The van der Waals surface area contributed by atoms with E-state index in [2.05, 4.69) is 6.07 Å². The third-order valence-electron chi connectivity index (χ3n) is 3.26. The minimum absolute atomic E-state index is 0.0384. The molecule has 0 radical (unpaired) electrons. The highest BCUT2D eigenvalue weighted by Gasteiger charge is 2.14. The molecule has 0 aliphatic carbocycles. The predicted octanol–water partition coefficient (Wildman–Crippen LogP) is 2.69. The zero-order valence-corrected chi connectivity index (χ0v) is 10.3. The number of aryl methyl sites for hydroxylation is 1. The molecule has 0 bridgehead atoms. The fraction of sp³-hybridized carbons (Fsp3) is 0.143. The third-order valence-corrected chi connectivity index (χ3v) is 3.26. The maximum atomic E-state index is 9.99. The summed E-state index contributed by atoms with van der Waals surface area (Å²) >= 11 is 0. The Hall–Kier alpha value is -2.36. The molecule has 1 aromatic carbocycles. The number of aromatic hydroxyl groups is 2. The molecule has 0 aliphatic heterocycles. The molecule has 2 aromatic heterocycles. The molecule has 0 atom stereocenters. The van der Waals surface area contributed by atoms with E-state index < -0.39 is 0 Å². The lowest BCUT2D eigenvalue weighted by molar-refractivity contribution is 0.386. The second-order valence-corrected chi connectivity index (χ2v) is 4.52. The smallest absolute Gasteiger partial charge is 0.218 e. The first-order valence-corrected chi connectivity index (χ1v) is 5.73. The minimum atomic E-state index is 0.0384. The summed E-state index contributed by atoms with van der Waals surface area (Å²) in [6.07, 6.45) is 1.89. The van der Waals surface area contributed by atoms with Crippen molar-refractivity contribution in [1.29, 1.82) is 0 Å². The summed E-state index contributed by atoms with van der Waals surface area (Å²) in [4.78, 5) is 0. The van der Waals surface area contributed by atoms with Crippen LogP contribution in [0.3, 0.4) is 0 Å². The molecule has 18 heavy (non-hydrogen) atoms. The lowest BCUT2D eigenvalue weighted by atomic mass is 10.2. The number of hydrogen-bond donors (Lipinski definition) is 2. The molecule has 4 heteroatoms. The Balaban J connectivity index is 2.28. The standard InChI is InChI=1S/C14H14N2O2/c1-9-3-4-11-10(7-9)5-6-16(11)12-8-13(17)15(2)14(12)18/h3-8,17-18H,1-2H3. The van der Waals surface area contributed by atoms with Gasteiger partial charge < -0.3 is 14.8 Å². The first-order chi connectivity index (χ1) is 8.58. The van der Waals surface area contributed by atoms with Crippen LogP contribution in [0.2, 0.25) is 0 Å². The van der Waals surface area contributed by atoms with E-state index in [1.54, 1.807) is 13.1 Å². The summed E-state index contributed by atoms with van der Waals surface area (Å²) in [6.45, 7) is 2.04. The Morgan fingerprint density at radius 3 is 2.50 bits per heavy atom. The molecule has 0 saturated heterocycles. The lowest BCUT2D eigenvalue weighted by Crippen LogP contribution is -1.92. The molecular formula is C14H14N2O2. The van der Waals surface area contributed by atoms with E-state index in [1.807, 2.05) is 35.9 Å². The van der Waals surface area contributed by atoms with Gasteiger partial charge in [0.2, 0.25) is 5.88 Å². The summed E-state index contributed by atoms with van der Waals surface area (Å²) in [6, 6.07) is 9.67. The van der Waals surface area contributed by atoms with Crippen molar-refractivity contribution in [2.24, 2.45) is 7.05 Å². The number of aromatic nitrogens is 2. The Morgan fingerprint density at radius 2 is 1.83 bits per heavy atom. The molecule has 0 aliphatic rings. The van der Waals surface area contributed by atoms with Gasteiger partial charge in [-0.15, -0.1) is 0 Å². The molecular weight excluding hydrogens is 228 g/mol. The Bertz CT molecular complexity index is 738. The van der Waals surface area contributed by atoms with Gasteiger partial charge in [0.05, 0.1) is 5.52 Å². The molecule has 0 amide bonds. The van der Waals surface area contributed by atoms with Crippen LogP contribution in [0.25, 0.3) is 16.6 Å². The summed E-state index contributed by atoms with van der Waals surface area (Å²) in [7, 11) is 1.62. The Morgan fingerprint density at radius 1 is 1.06 bits per heavy atom. The fourth-order valence-electron chi connectivity index (χ4n) is 2.21. The highest BCUT2D eigenvalue weighted by molar-refractivity contribution is 5.83. The maximum Gasteiger partial charge on any atom is 0.218 e. The number of fused-ring (bicyclic) bond motifs is 1. The van der Waals surface area contributed by atoms with Crippen LogP contribution in [0.1, 0.15) is 5.56 Å². The molecule has 3 rings (SSSR count). The van der Waals surface area contributed by atoms with Crippen LogP contribution < -0.4 is 0 Å². The van der Waals surface area contributed by atoms with E-state index in [9.17, 15) is 10.2 Å². The van der Waals surface area contributed by atoms with Gasteiger partial charge in [-0.1, -0.05) is 11.6 Å². The average Bonchev–Trinajstić information content (AvgIpc) is 2.85. The molecule has 0 fully saturated rings. The first-order valence-electron chi connectivity index (χ1n) is 5.73. The van der Waals surface area contributed by atoms with E-state index in [-0.39, 0.29) is 11.8 Å². The van der Waals surface area contributed by atoms with Crippen LogP contribution in [0.15, 0.2) is 36.5 Å². The highest BCUT2D eigenvalue weighted by atomic mass is 16.3. The summed E-state index contributed by atoms with van der Waals surface area (Å²) in [5, 5.41) is 20.7. The monoisotopic (exact) mass is 242 g/mol. The van der Waals surface area contributed by atoms with E-state index in [4.69, 9.17) is 0 Å². The van der Waals surface area contributed by atoms with Gasteiger partial charge in [0.1, 0.15) is 5.69 Å². The van der Waals surface area contributed by atoms with Crippen molar-refractivity contribution >= 4 is 10.9 Å². The Labute approximate surface area is 104 Å². The van der Waals surface area contributed by atoms with Crippen LogP contribution in [-0.2, 0) is 7.05 Å². The molecule has 92 valence electrons. The topological polar surface area (TPSA) is 50.3 Å². The molecule has 2 heterocycles. The van der Waals surface area contributed by atoms with Gasteiger partial charge in [0.15, 0.2) is 5.88 Å². The first kappa shape index (κ1) is 10.8. The van der Waals surface area contributed by atoms with Gasteiger partial charge in [-0.2, -0.15) is 0 Å². The molecule has 3 aromatic rings. The number of benzene rings is 1. The second kappa shape index (κ2) is 3.57. The predicted molar refractivity (Wildman–Crippen MR) is 70.3 cm³/mol. The molecule has 2 N–H and O–H groups in total. The van der Waals surface area contributed by atoms with Gasteiger partial charge in [0, 0.05) is 24.7 Å². The normalized spacial score (nSPS) is 11.2. The minimum Gasteiger partial charge on any atom is -0.494 e. The van der Waals surface area contributed by atoms with Crippen LogP contribution in [0.4, 0.5) is 0 Å². The molecule has 0 spiro atoms. The van der Waals surface area contributed by atoms with Crippen molar-refractivity contribution in [3.05, 3.63) is 42.1 Å². The van der Waals surface area contributed by atoms with Crippen LogP contribution in [-0.4, -0.2) is 19.3 Å². The second-order valence-electron chi connectivity index (χ2n) is 4.52. The fourth-order valence-corrected chi connectivity index (χ4v) is 2.21. The van der Waals surface area contributed by atoms with E-state index in [0.717, 1.165) is 10.9 Å². The average molecular weight is 242 g/mol.